The number of carbonyl (C=O) groups excluding carboxylic acids is 3. The van der Waals surface area contributed by atoms with Gasteiger partial charge in [-0.2, -0.15) is 0 Å². The lowest BCUT2D eigenvalue weighted by atomic mass is 10.2. The van der Waals surface area contributed by atoms with Gasteiger partial charge < -0.3 is 25.4 Å². The van der Waals surface area contributed by atoms with Gasteiger partial charge in [0, 0.05) is 31.8 Å². The number of methoxy groups -OCH3 is 2. The molecule has 0 fully saturated rings. The van der Waals surface area contributed by atoms with Crippen molar-refractivity contribution in [3.63, 3.8) is 0 Å². The van der Waals surface area contributed by atoms with E-state index in [9.17, 15) is 14.4 Å². The summed E-state index contributed by atoms with van der Waals surface area (Å²) in [6.45, 7) is 1.79. The number of hydrogen-bond acceptors (Lipinski definition) is 5. The van der Waals surface area contributed by atoms with Crippen LogP contribution in [0.25, 0.3) is 0 Å². The van der Waals surface area contributed by atoms with Gasteiger partial charge in [-0.15, -0.1) is 0 Å². The molecule has 0 heterocycles. The zero-order valence-corrected chi connectivity index (χ0v) is 12.7. The van der Waals surface area contributed by atoms with Crippen LogP contribution < -0.4 is 25.4 Å². The van der Waals surface area contributed by atoms with Crippen molar-refractivity contribution in [1.82, 2.24) is 10.6 Å². The summed E-state index contributed by atoms with van der Waals surface area (Å²) in [4.78, 5) is 33.9. The lowest BCUT2D eigenvalue weighted by molar-refractivity contribution is -0.136. The third kappa shape index (κ3) is 5.31. The van der Waals surface area contributed by atoms with Crippen molar-refractivity contribution in [2.24, 2.45) is 0 Å². The van der Waals surface area contributed by atoms with Crippen molar-refractivity contribution < 1.29 is 23.9 Å². The molecule has 0 bridgehead atoms. The molecule has 0 aliphatic carbocycles. The molecule has 1 rings (SSSR count). The Balaban J connectivity index is 2.53. The van der Waals surface area contributed by atoms with Crippen LogP contribution >= 0.6 is 0 Å². The van der Waals surface area contributed by atoms with Crippen molar-refractivity contribution in [3.05, 3.63) is 18.2 Å². The predicted molar refractivity (Wildman–Crippen MR) is 79.9 cm³/mol. The normalized spacial score (nSPS) is 9.59. The van der Waals surface area contributed by atoms with Crippen LogP contribution in [0.4, 0.5) is 5.69 Å². The molecular formula is C14H19N3O5. The quantitative estimate of drug-likeness (QED) is 0.502. The molecular weight excluding hydrogens is 290 g/mol. The Hall–Kier alpha value is -2.77. The molecule has 0 aromatic heterocycles. The monoisotopic (exact) mass is 309 g/mol. The highest BCUT2D eigenvalue weighted by atomic mass is 16.5. The zero-order valence-electron chi connectivity index (χ0n) is 12.7. The summed E-state index contributed by atoms with van der Waals surface area (Å²) in [6, 6.07) is 4.74. The Morgan fingerprint density at radius 2 is 1.59 bits per heavy atom. The summed E-state index contributed by atoms with van der Waals surface area (Å²) in [7, 11) is 2.97. The van der Waals surface area contributed by atoms with E-state index in [0.717, 1.165) is 0 Å². The lowest BCUT2D eigenvalue weighted by Gasteiger charge is -2.10. The molecule has 3 amide bonds. The molecule has 3 N–H and O–H groups in total. The fourth-order valence-corrected chi connectivity index (χ4v) is 1.60. The number of ether oxygens (including phenoxy) is 2. The van der Waals surface area contributed by atoms with Gasteiger partial charge in [0.2, 0.25) is 5.91 Å². The van der Waals surface area contributed by atoms with Gasteiger partial charge in [0.05, 0.1) is 14.2 Å². The standard InChI is InChI=1S/C14H19N3O5/c1-9(18)15-6-7-16-13(19)14(20)17-10-4-5-11(21-2)12(8-10)22-3/h4-5,8H,6-7H2,1-3H3,(H,15,18)(H,16,19)(H,17,20). The molecule has 1 aromatic rings. The molecule has 0 unspecified atom stereocenters. The predicted octanol–water partition coefficient (Wildman–Crippen LogP) is -0.105. The van der Waals surface area contributed by atoms with Crippen LogP contribution in [-0.4, -0.2) is 45.0 Å². The summed E-state index contributed by atoms with van der Waals surface area (Å²) >= 11 is 0. The first-order valence-electron chi connectivity index (χ1n) is 6.53. The van der Waals surface area contributed by atoms with Crippen LogP contribution in [-0.2, 0) is 14.4 Å². The third-order valence-electron chi connectivity index (χ3n) is 2.63. The summed E-state index contributed by atoms with van der Waals surface area (Å²) in [6.07, 6.45) is 0. The third-order valence-corrected chi connectivity index (χ3v) is 2.63. The molecule has 8 nitrogen and oxygen atoms in total. The van der Waals surface area contributed by atoms with E-state index < -0.39 is 11.8 Å². The number of benzene rings is 1. The van der Waals surface area contributed by atoms with Crippen molar-refractivity contribution in [2.45, 2.75) is 6.92 Å². The first-order chi connectivity index (χ1) is 10.5. The summed E-state index contributed by atoms with van der Waals surface area (Å²) in [5.41, 5.74) is 0.402. The summed E-state index contributed by atoms with van der Waals surface area (Å²) in [5.74, 6) is -0.856. The first kappa shape index (κ1) is 17.3. The number of carbonyl (C=O) groups is 3. The van der Waals surface area contributed by atoms with Crippen molar-refractivity contribution in [3.8, 4) is 11.5 Å². The second kappa shape index (κ2) is 8.50. The second-order valence-corrected chi connectivity index (χ2v) is 4.26. The number of hydrogen-bond donors (Lipinski definition) is 3. The van der Waals surface area contributed by atoms with Crippen LogP contribution in [0.5, 0.6) is 11.5 Å². The molecule has 0 aliphatic heterocycles. The van der Waals surface area contributed by atoms with E-state index in [2.05, 4.69) is 16.0 Å². The van der Waals surface area contributed by atoms with E-state index in [0.29, 0.717) is 17.2 Å². The fraction of sp³-hybridized carbons (Fsp3) is 0.357. The molecule has 0 spiro atoms. The number of anilines is 1. The minimum Gasteiger partial charge on any atom is -0.493 e. The van der Waals surface area contributed by atoms with Crippen molar-refractivity contribution in [2.75, 3.05) is 32.6 Å². The average Bonchev–Trinajstić information content (AvgIpc) is 2.50. The second-order valence-electron chi connectivity index (χ2n) is 4.26. The van der Waals surface area contributed by atoms with E-state index in [1.54, 1.807) is 18.2 Å². The van der Waals surface area contributed by atoms with Crippen molar-refractivity contribution in [1.29, 1.82) is 0 Å². The molecule has 0 saturated heterocycles. The summed E-state index contributed by atoms with van der Waals surface area (Å²) < 4.78 is 10.2. The molecule has 0 atom stereocenters. The Labute approximate surface area is 128 Å². The number of amides is 3. The van der Waals surface area contributed by atoms with Gasteiger partial charge in [-0.25, -0.2) is 0 Å². The zero-order chi connectivity index (χ0) is 16.5. The highest BCUT2D eigenvalue weighted by Gasteiger charge is 2.14. The fourth-order valence-electron chi connectivity index (χ4n) is 1.60. The van der Waals surface area contributed by atoms with Gasteiger partial charge in [-0.3, -0.25) is 14.4 Å². The maximum Gasteiger partial charge on any atom is 0.313 e. The highest BCUT2D eigenvalue weighted by molar-refractivity contribution is 6.39. The Bertz CT molecular complexity index is 559. The van der Waals surface area contributed by atoms with E-state index in [1.807, 2.05) is 0 Å². The van der Waals surface area contributed by atoms with Gasteiger partial charge in [0.15, 0.2) is 11.5 Å². The SMILES string of the molecule is COc1ccc(NC(=O)C(=O)NCCNC(C)=O)cc1OC. The molecule has 22 heavy (non-hydrogen) atoms. The minimum atomic E-state index is -0.810. The smallest absolute Gasteiger partial charge is 0.313 e. The maximum atomic E-state index is 11.7. The number of rotatable bonds is 6. The average molecular weight is 309 g/mol. The first-order valence-corrected chi connectivity index (χ1v) is 6.53. The molecule has 0 aliphatic rings. The van der Waals surface area contributed by atoms with Gasteiger partial charge in [-0.05, 0) is 12.1 Å². The van der Waals surface area contributed by atoms with E-state index in [1.165, 1.54) is 21.1 Å². The molecule has 0 saturated carbocycles. The highest BCUT2D eigenvalue weighted by Crippen LogP contribution is 2.29. The van der Waals surface area contributed by atoms with Gasteiger partial charge in [0.25, 0.3) is 0 Å². The van der Waals surface area contributed by atoms with Crippen LogP contribution in [0.15, 0.2) is 18.2 Å². The topological polar surface area (TPSA) is 106 Å². The van der Waals surface area contributed by atoms with Crippen molar-refractivity contribution >= 4 is 23.4 Å². The number of nitrogens with one attached hydrogen (secondary N) is 3. The van der Waals surface area contributed by atoms with Gasteiger partial charge in [-0.1, -0.05) is 0 Å². The van der Waals surface area contributed by atoms with Crippen LogP contribution in [0.1, 0.15) is 6.92 Å². The van der Waals surface area contributed by atoms with E-state index >= 15 is 0 Å². The Morgan fingerprint density at radius 1 is 0.955 bits per heavy atom. The minimum absolute atomic E-state index is 0.164. The van der Waals surface area contributed by atoms with E-state index in [4.69, 9.17) is 9.47 Å². The van der Waals surface area contributed by atoms with Crippen LogP contribution in [0.2, 0.25) is 0 Å². The molecule has 8 heteroatoms. The molecule has 0 radical (unpaired) electrons. The molecule has 120 valence electrons. The van der Waals surface area contributed by atoms with E-state index in [-0.39, 0.29) is 19.0 Å². The summed E-state index contributed by atoms with van der Waals surface area (Å²) in [5, 5.41) is 7.33. The van der Waals surface area contributed by atoms with Crippen LogP contribution in [0, 0.1) is 0 Å². The van der Waals surface area contributed by atoms with Gasteiger partial charge in [0.1, 0.15) is 0 Å². The molecule has 1 aromatic carbocycles. The maximum absolute atomic E-state index is 11.7. The van der Waals surface area contributed by atoms with Crippen LogP contribution in [0.3, 0.4) is 0 Å². The Kier molecular flexibility index (Phi) is 6.68. The Morgan fingerprint density at radius 3 is 2.18 bits per heavy atom. The van der Waals surface area contributed by atoms with Gasteiger partial charge >= 0.3 is 11.8 Å². The largest absolute Gasteiger partial charge is 0.493 e. The lowest BCUT2D eigenvalue weighted by Crippen LogP contribution is -2.39.